The van der Waals surface area contributed by atoms with Gasteiger partial charge in [0.15, 0.2) is 0 Å². The lowest BCUT2D eigenvalue weighted by atomic mass is 9.76. The minimum atomic E-state index is -0.410. The zero-order chi connectivity index (χ0) is 13.7. The first-order valence-corrected chi connectivity index (χ1v) is 7.15. The van der Waals surface area contributed by atoms with Gasteiger partial charge in [-0.25, -0.2) is 0 Å². The van der Waals surface area contributed by atoms with E-state index in [1.807, 2.05) is 25.1 Å². The summed E-state index contributed by atoms with van der Waals surface area (Å²) in [5.41, 5.74) is 6.68. The van der Waals surface area contributed by atoms with Gasteiger partial charge in [0.1, 0.15) is 0 Å². The van der Waals surface area contributed by atoms with Gasteiger partial charge in [0, 0.05) is 31.0 Å². The van der Waals surface area contributed by atoms with E-state index in [2.05, 4.69) is 4.98 Å². The van der Waals surface area contributed by atoms with Crippen LogP contribution in [-0.4, -0.2) is 35.5 Å². The van der Waals surface area contributed by atoms with Crippen LogP contribution in [0.3, 0.4) is 0 Å². The van der Waals surface area contributed by atoms with Gasteiger partial charge in [-0.1, -0.05) is 6.07 Å². The molecule has 3 N–H and O–H groups in total. The minimum Gasteiger partial charge on any atom is -0.392 e. The van der Waals surface area contributed by atoms with Crippen LogP contribution >= 0.6 is 0 Å². The fraction of sp³-hybridized carbons (Fsp3) is 0.667. The van der Waals surface area contributed by atoms with E-state index in [9.17, 15) is 5.11 Å². The summed E-state index contributed by atoms with van der Waals surface area (Å²) in [6, 6.07) is 5.75. The fourth-order valence-corrected chi connectivity index (χ4v) is 2.81. The van der Waals surface area contributed by atoms with Crippen molar-refractivity contribution in [3.63, 3.8) is 0 Å². The van der Waals surface area contributed by atoms with Crippen molar-refractivity contribution in [2.24, 2.45) is 11.7 Å². The Hall–Kier alpha value is -0.970. The average Bonchev–Trinajstić information content (AvgIpc) is 2.38. The van der Waals surface area contributed by atoms with Crippen molar-refractivity contribution in [2.75, 3.05) is 13.2 Å². The van der Waals surface area contributed by atoms with Crippen LogP contribution in [0.15, 0.2) is 24.4 Å². The third kappa shape index (κ3) is 3.75. The van der Waals surface area contributed by atoms with Crippen molar-refractivity contribution in [1.82, 2.24) is 4.98 Å². The number of hydrogen-bond donors (Lipinski definition) is 2. The Balaban J connectivity index is 1.83. The Labute approximate surface area is 115 Å². The molecular weight excluding hydrogens is 240 g/mol. The van der Waals surface area contributed by atoms with Crippen molar-refractivity contribution >= 4 is 0 Å². The van der Waals surface area contributed by atoms with Gasteiger partial charge in [-0.2, -0.15) is 0 Å². The Morgan fingerprint density at radius 2 is 2.26 bits per heavy atom. The average molecular weight is 264 g/mol. The lowest BCUT2D eigenvalue weighted by molar-refractivity contribution is -0.0399. The van der Waals surface area contributed by atoms with Crippen molar-refractivity contribution < 1.29 is 9.84 Å². The summed E-state index contributed by atoms with van der Waals surface area (Å²) < 4.78 is 5.54. The lowest BCUT2D eigenvalue weighted by Crippen LogP contribution is -2.36. The SMILES string of the molecule is CCOC1CC(CC(O)C(CN)c2ccccn2)C1. The van der Waals surface area contributed by atoms with E-state index in [1.54, 1.807) is 6.20 Å². The molecule has 0 radical (unpaired) electrons. The van der Waals surface area contributed by atoms with E-state index in [1.165, 1.54) is 0 Å². The van der Waals surface area contributed by atoms with Crippen LogP contribution in [0.4, 0.5) is 0 Å². The molecule has 1 heterocycles. The van der Waals surface area contributed by atoms with Gasteiger partial charge < -0.3 is 15.6 Å². The molecule has 1 aromatic rings. The number of nitrogens with zero attached hydrogens (tertiary/aromatic N) is 1. The van der Waals surface area contributed by atoms with Crippen molar-refractivity contribution in [1.29, 1.82) is 0 Å². The van der Waals surface area contributed by atoms with Gasteiger partial charge >= 0.3 is 0 Å². The second-order valence-electron chi connectivity index (χ2n) is 5.31. The highest BCUT2D eigenvalue weighted by molar-refractivity contribution is 5.12. The molecule has 2 unspecified atom stereocenters. The third-order valence-corrected chi connectivity index (χ3v) is 3.96. The zero-order valence-corrected chi connectivity index (χ0v) is 11.5. The summed E-state index contributed by atoms with van der Waals surface area (Å²) in [4.78, 5) is 4.30. The standard InChI is InChI=1S/C15H24N2O2/c1-2-19-12-7-11(8-12)9-15(18)13(10-16)14-5-3-4-6-17-14/h3-6,11-13,15,18H,2,7-10,16H2,1H3. The molecule has 2 rings (SSSR count). The summed E-state index contributed by atoms with van der Waals surface area (Å²) in [6.45, 7) is 3.23. The molecule has 1 aliphatic rings. The largest absolute Gasteiger partial charge is 0.392 e. The second kappa shape index (κ2) is 6.98. The number of ether oxygens (including phenoxy) is 1. The molecule has 2 atom stereocenters. The molecule has 4 heteroatoms. The molecule has 0 saturated heterocycles. The van der Waals surface area contributed by atoms with Crippen LogP contribution in [0.25, 0.3) is 0 Å². The Kier molecular flexibility index (Phi) is 5.31. The van der Waals surface area contributed by atoms with Crippen LogP contribution < -0.4 is 5.73 Å². The van der Waals surface area contributed by atoms with Gasteiger partial charge in [-0.15, -0.1) is 0 Å². The highest BCUT2D eigenvalue weighted by atomic mass is 16.5. The third-order valence-electron chi connectivity index (χ3n) is 3.96. The van der Waals surface area contributed by atoms with E-state index in [0.29, 0.717) is 18.6 Å². The van der Waals surface area contributed by atoms with Gasteiger partial charge in [0.2, 0.25) is 0 Å². The van der Waals surface area contributed by atoms with Crippen molar-refractivity contribution in [2.45, 2.75) is 44.3 Å². The molecule has 106 valence electrons. The maximum atomic E-state index is 10.4. The molecule has 4 nitrogen and oxygen atoms in total. The number of rotatable bonds is 7. The van der Waals surface area contributed by atoms with E-state index in [4.69, 9.17) is 10.5 Å². The summed E-state index contributed by atoms with van der Waals surface area (Å²) in [5, 5.41) is 10.4. The van der Waals surface area contributed by atoms with E-state index in [-0.39, 0.29) is 5.92 Å². The molecule has 0 spiro atoms. The zero-order valence-electron chi connectivity index (χ0n) is 11.5. The molecule has 0 aliphatic heterocycles. The Morgan fingerprint density at radius 1 is 1.47 bits per heavy atom. The monoisotopic (exact) mass is 264 g/mol. The molecule has 1 aromatic heterocycles. The smallest absolute Gasteiger partial charge is 0.0638 e. The number of nitrogens with two attached hydrogens (primary N) is 1. The number of aliphatic hydroxyl groups excluding tert-OH is 1. The summed E-state index contributed by atoms with van der Waals surface area (Å²) in [5.74, 6) is 0.497. The fourth-order valence-electron chi connectivity index (χ4n) is 2.81. The highest BCUT2D eigenvalue weighted by Crippen LogP contribution is 2.35. The number of pyridine rings is 1. The Bertz CT molecular complexity index is 366. The Morgan fingerprint density at radius 3 is 2.84 bits per heavy atom. The first kappa shape index (κ1) is 14.4. The van der Waals surface area contributed by atoms with Crippen molar-refractivity contribution in [3.05, 3.63) is 30.1 Å². The summed E-state index contributed by atoms with van der Waals surface area (Å²) in [7, 11) is 0. The summed E-state index contributed by atoms with van der Waals surface area (Å²) >= 11 is 0. The molecule has 1 saturated carbocycles. The summed E-state index contributed by atoms with van der Waals surface area (Å²) in [6.07, 6.45) is 4.65. The van der Waals surface area contributed by atoms with Gasteiger partial charge in [-0.05, 0) is 44.2 Å². The highest BCUT2D eigenvalue weighted by Gasteiger charge is 2.33. The minimum absolute atomic E-state index is 0.0626. The second-order valence-corrected chi connectivity index (χ2v) is 5.31. The maximum absolute atomic E-state index is 10.4. The van der Waals surface area contributed by atoms with E-state index < -0.39 is 6.10 Å². The van der Waals surface area contributed by atoms with Crippen LogP contribution in [0.1, 0.15) is 37.8 Å². The van der Waals surface area contributed by atoms with E-state index in [0.717, 1.165) is 31.6 Å². The van der Waals surface area contributed by atoms with Gasteiger partial charge in [0.05, 0.1) is 12.2 Å². The molecule has 0 aromatic carbocycles. The normalized spacial score (nSPS) is 25.6. The van der Waals surface area contributed by atoms with Crippen LogP contribution in [0.2, 0.25) is 0 Å². The molecule has 1 aliphatic carbocycles. The predicted octanol–water partition coefficient (Wildman–Crippen LogP) is 1.69. The van der Waals surface area contributed by atoms with E-state index >= 15 is 0 Å². The van der Waals surface area contributed by atoms with Gasteiger partial charge in [0.25, 0.3) is 0 Å². The van der Waals surface area contributed by atoms with Gasteiger partial charge in [-0.3, -0.25) is 4.98 Å². The lowest BCUT2D eigenvalue weighted by Gasteiger charge is -2.37. The molecule has 0 bridgehead atoms. The number of aliphatic hydroxyl groups is 1. The molecule has 0 amide bonds. The van der Waals surface area contributed by atoms with Crippen LogP contribution in [0.5, 0.6) is 0 Å². The maximum Gasteiger partial charge on any atom is 0.0638 e. The molecule has 19 heavy (non-hydrogen) atoms. The predicted molar refractivity (Wildman–Crippen MR) is 74.8 cm³/mol. The van der Waals surface area contributed by atoms with Crippen LogP contribution in [-0.2, 0) is 4.74 Å². The topological polar surface area (TPSA) is 68.4 Å². The molecule has 1 fully saturated rings. The number of hydrogen-bond acceptors (Lipinski definition) is 4. The quantitative estimate of drug-likeness (QED) is 0.786. The van der Waals surface area contributed by atoms with Crippen molar-refractivity contribution in [3.8, 4) is 0 Å². The number of aromatic nitrogens is 1. The molecular formula is C15H24N2O2. The van der Waals surface area contributed by atoms with Crippen LogP contribution in [0, 0.1) is 5.92 Å². The first-order valence-electron chi connectivity index (χ1n) is 7.15. The first-order chi connectivity index (χ1) is 9.24.